The van der Waals surface area contributed by atoms with E-state index in [1.165, 1.54) is 22.5 Å². The van der Waals surface area contributed by atoms with Gasteiger partial charge in [-0.15, -0.1) is 0 Å². The van der Waals surface area contributed by atoms with Crippen LogP contribution in [0.25, 0.3) is 0 Å². The minimum Gasteiger partial charge on any atom is -0.391 e. The van der Waals surface area contributed by atoms with Crippen LogP contribution in [0.3, 0.4) is 0 Å². The number of likely N-dealkylation sites (tertiary alicyclic amines) is 1. The van der Waals surface area contributed by atoms with Gasteiger partial charge in [0.2, 0.25) is 11.8 Å². The second kappa shape index (κ2) is 21.7. The molecular weight excluding hydrogens is 685 g/mol. The monoisotopic (exact) mass is 751 g/mol. The van der Waals surface area contributed by atoms with Crippen molar-refractivity contribution in [2.75, 3.05) is 47.3 Å². The van der Waals surface area contributed by atoms with Crippen molar-refractivity contribution in [3.63, 3.8) is 0 Å². The van der Waals surface area contributed by atoms with Gasteiger partial charge in [-0.25, -0.2) is 14.6 Å². The average Bonchev–Trinajstić information content (AvgIpc) is 3.54. The van der Waals surface area contributed by atoms with E-state index in [1.807, 2.05) is 35.2 Å². The highest BCUT2D eigenvalue weighted by Crippen LogP contribution is 2.29. The Morgan fingerprint density at radius 3 is 2.17 bits per heavy atom. The molecule has 0 spiro atoms. The number of likely N-dealkylation sites (N-methyl/N-ethyl adjacent to an activating group) is 3. The van der Waals surface area contributed by atoms with Gasteiger partial charge in [0.05, 0.1) is 18.5 Å². The van der Waals surface area contributed by atoms with Crippen LogP contribution in [0.15, 0.2) is 42.9 Å². The molecule has 2 fully saturated rings. The van der Waals surface area contributed by atoms with Gasteiger partial charge in [-0.05, 0) is 43.1 Å². The Bertz CT molecular complexity index is 1430. The number of amides is 6. The SMILES string of the molecule is CC(C)C[C@H](O)[C@H](CC1CCCCC1)NC(=O)[C@H](Cc1cnc[nH]1)N(C)C(=O)[C@H](Cc1ccccc1)NC(=O)N(C)CCN(C)C(=O)N1CCCCCC1. The number of hydrogen-bond donors (Lipinski definition) is 4. The summed E-state index contributed by atoms with van der Waals surface area (Å²) in [5.74, 6) is -0.106. The topological polar surface area (TPSA) is 154 Å². The molecule has 1 aliphatic carbocycles. The predicted octanol–water partition coefficient (Wildman–Crippen LogP) is 4.82. The van der Waals surface area contributed by atoms with Crippen LogP contribution in [0.5, 0.6) is 0 Å². The average molecular weight is 751 g/mol. The van der Waals surface area contributed by atoms with Crippen LogP contribution in [0.1, 0.15) is 95.7 Å². The number of carbonyl (C=O) groups is 4. The van der Waals surface area contributed by atoms with Crippen molar-refractivity contribution in [1.29, 1.82) is 0 Å². The van der Waals surface area contributed by atoms with Crippen LogP contribution in [-0.4, -0.2) is 130 Å². The summed E-state index contributed by atoms with van der Waals surface area (Å²) in [6.07, 6.45) is 14.0. The van der Waals surface area contributed by atoms with E-state index in [1.54, 1.807) is 32.2 Å². The number of hydrogen-bond acceptors (Lipinski definition) is 6. The normalized spacial score (nSPS) is 17.5. The lowest BCUT2D eigenvalue weighted by Gasteiger charge is -2.35. The summed E-state index contributed by atoms with van der Waals surface area (Å²) in [6, 6.07) is 6.61. The standard InChI is InChI=1S/C41H66N8O5/c1-30(2)24-37(50)34(25-31-16-10-8-11-17-31)44-38(51)36(27-33-28-42-29-43-33)48(5)39(52)35(26-32-18-12-9-13-19-32)45-40(53)46(3)22-23-47(4)41(54)49-20-14-6-7-15-21-49/h9,12-13,18-19,28-31,34-37,50H,6-8,10-11,14-17,20-27H2,1-5H3,(H,42,43)(H,44,51)(H,45,53)/t34-,35-,36-,37-/m0/s1. The summed E-state index contributed by atoms with van der Waals surface area (Å²) >= 11 is 0. The highest BCUT2D eigenvalue weighted by Gasteiger charge is 2.36. The number of urea groups is 2. The zero-order valence-corrected chi connectivity index (χ0v) is 33.3. The van der Waals surface area contributed by atoms with Crippen molar-refractivity contribution < 1.29 is 24.3 Å². The van der Waals surface area contributed by atoms with Gasteiger partial charge in [-0.2, -0.15) is 0 Å². The Morgan fingerprint density at radius 2 is 1.54 bits per heavy atom. The molecule has 54 heavy (non-hydrogen) atoms. The number of aromatic amines is 1. The van der Waals surface area contributed by atoms with Gasteiger partial charge in [-0.1, -0.05) is 89.1 Å². The number of imidazole rings is 1. The van der Waals surface area contributed by atoms with Crippen LogP contribution < -0.4 is 10.6 Å². The van der Waals surface area contributed by atoms with Crippen LogP contribution in [0.2, 0.25) is 0 Å². The number of nitrogens with one attached hydrogen (secondary N) is 3. The molecule has 1 aromatic heterocycles. The van der Waals surface area contributed by atoms with Crippen LogP contribution >= 0.6 is 0 Å². The molecule has 300 valence electrons. The fourth-order valence-corrected chi connectivity index (χ4v) is 7.74. The van der Waals surface area contributed by atoms with Crippen LogP contribution in [0, 0.1) is 11.8 Å². The predicted molar refractivity (Wildman–Crippen MR) is 211 cm³/mol. The fraction of sp³-hybridized carbons (Fsp3) is 0.683. The summed E-state index contributed by atoms with van der Waals surface area (Å²) in [5.41, 5.74) is 1.54. The summed E-state index contributed by atoms with van der Waals surface area (Å²) < 4.78 is 0. The quantitative estimate of drug-likeness (QED) is 0.182. The molecule has 4 atom stereocenters. The Labute approximate surface area is 322 Å². The second-order valence-corrected chi connectivity index (χ2v) is 16.0. The number of aromatic nitrogens is 2. The summed E-state index contributed by atoms with van der Waals surface area (Å²) in [4.78, 5) is 69.2. The number of aliphatic hydroxyl groups excluding tert-OH is 1. The molecule has 0 unspecified atom stereocenters. The van der Waals surface area contributed by atoms with E-state index in [2.05, 4.69) is 34.4 Å². The van der Waals surface area contributed by atoms with Crippen molar-refractivity contribution in [2.24, 2.45) is 11.8 Å². The van der Waals surface area contributed by atoms with E-state index < -0.39 is 36.2 Å². The first kappa shape index (κ1) is 42.6. The molecule has 2 aromatic rings. The number of rotatable bonds is 17. The molecule has 13 heteroatoms. The van der Waals surface area contributed by atoms with Crippen molar-refractivity contribution in [3.8, 4) is 0 Å². The number of H-pyrrole nitrogens is 1. The summed E-state index contributed by atoms with van der Waals surface area (Å²) in [6.45, 7) is 6.22. The second-order valence-electron chi connectivity index (χ2n) is 16.0. The molecule has 4 N–H and O–H groups in total. The molecule has 1 saturated carbocycles. The third kappa shape index (κ3) is 13.3. The maximum Gasteiger partial charge on any atom is 0.319 e. The minimum atomic E-state index is -0.981. The summed E-state index contributed by atoms with van der Waals surface area (Å²) in [7, 11) is 5.00. The van der Waals surface area contributed by atoms with E-state index in [9.17, 15) is 24.3 Å². The molecule has 4 rings (SSSR count). The molecule has 1 saturated heterocycles. The molecule has 1 aliphatic heterocycles. The van der Waals surface area contributed by atoms with Crippen LogP contribution in [-0.2, 0) is 22.4 Å². The van der Waals surface area contributed by atoms with E-state index in [0.29, 0.717) is 31.0 Å². The van der Waals surface area contributed by atoms with Crippen molar-refractivity contribution in [2.45, 2.75) is 122 Å². The number of carbonyl (C=O) groups excluding carboxylic acids is 4. The van der Waals surface area contributed by atoms with Crippen molar-refractivity contribution in [1.82, 2.24) is 40.2 Å². The van der Waals surface area contributed by atoms with Gasteiger partial charge in [0, 0.05) is 72.1 Å². The van der Waals surface area contributed by atoms with Gasteiger partial charge in [-0.3, -0.25) is 9.59 Å². The van der Waals surface area contributed by atoms with Gasteiger partial charge < -0.3 is 40.3 Å². The molecule has 6 amide bonds. The zero-order valence-electron chi connectivity index (χ0n) is 33.3. The Hall–Kier alpha value is -4.13. The minimum absolute atomic E-state index is 0.0382. The number of aliphatic hydroxyl groups is 1. The molecule has 2 heterocycles. The Balaban J connectivity index is 1.50. The largest absolute Gasteiger partial charge is 0.391 e. The third-order valence-electron chi connectivity index (χ3n) is 11.1. The van der Waals surface area contributed by atoms with Crippen molar-refractivity contribution in [3.05, 3.63) is 54.1 Å². The first-order valence-electron chi connectivity index (χ1n) is 20.2. The third-order valence-corrected chi connectivity index (χ3v) is 11.1. The highest BCUT2D eigenvalue weighted by atomic mass is 16.3. The lowest BCUT2D eigenvalue weighted by Crippen LogP contribution is -2.59. The molecular formula is C41H66N8O5. The maximum absolute atomic E-state index is 14.5. The maximum atomic E-state index is 14.5. The number of nitrogens with zero attached hydrogens (tertiary/aromatic N) is 5. The van der Waals surface area contributed by atoms with E-state index in [0.717, 1.165) is 70.0 Å². The molecule has 1 aromatic carbocycles. The van der Waals surface area contributed by atoms with Gasteiger partial charge in [0.1, 0.15) is 12.1 Å². The van der Waals surface area contributed by atoms with Gasteiger partial charge in [0.15, 0.2) is 0 Å². The highest BCUT2D eigenvalue weighted by molar-refractivity contribution is 5.92. The lowest BCUT2D eigenvalue weighted by molar-refractivity contribution is -0.141. The van der Waals surface area contributed by atoms with Gasteiger partial charge >= 0.3 is 12.1 Å². The molecule has 2 aliphatic rings. The van der Waals surface area contributed by atoms with Crippen molar-refractivity contribution >= 4 is 23.9 Å². The smallest absolute Gasteiger partial charge is 0.319 e. The Kier molecular flexibility index (Phi) is 17.1. The van der Waals surface area contributed by atoms with E-state index in [-0.39, 0.29) is 37.2 Å². The first-order chi connectivity index (χ1) is 25.9. The van der Waals surface area contributed by atoms with E-state index in [4.69, 9.17) is 0 Å². The zero-order chi connectivity index (χ0) is 39.0. The van der Waals surface area contributed by atoms with Gasteiger partial charge in [0.25, 0.3) is 0 Å². The molecule has 0 radical (unpaired) electrons. The van der Waals surface area contributed by atoms with E-state index >= 15 is 0 Å². The number of benzene rings is 1. The van der Waals surface area contributed by atoms with Crippen LogP contribution in [0.4, 0.5) is 9.59 Å². The first-order valence-corrected chi connectivity index (χ1v) is 20.2. The lowest BCUT2D eigenvalue weighted by atomic mass is 9.82. The molecule has 0 bridgehead atoms. The fourth-order valence-electron chi connectivity index (χ4n) is 7.74. The summed E-state index contributed by atoms with van der Waals surface area (Å²) in [5, 5.41) is 17.5. The molecule has 13 nitrogen and oxygen atoms in total. The Morgan fingerprint density at radius 1 is 0.889 bits per heavy atom.